The molecule has 33 heavy (non-hydrogen) atoms. The van der Waals surface area contributed by atoms with E-state index in [2.05, 4.69) is 14.9 Å². The minimum Gasteiger partial charge on any atom is -0.474 e. The third-order valence-corrected chi connectivity index (χ3v) is 4.50. The SMILES string of the molecule is Cn1c(-c2ccc(OC(F)F)cc2C(F)(F)F)nnc1C(C)(C)Oc1c(F)cc(F)cc1F. The van der Waals surface area contributed by atoms with Crippen LogP contribution < -0.4 is 9.47 Å². The first kappa shape index (κ1) is 24.3. The first-order chi connectivity index (χ1) is 15.2. The van der Waals surface area contributed by atoms with Gasteiger partial charge in [-0.05, 0) is 32.0 Å². The number of aromatic nitrogens is 3. The molecular weight excluding hydrogens is 466 g/mol. The largest absolute Gasteiger partial charge is 0.474 e. The van der Waals surface area contributed by atoms with Crippen LogP contribution in [0.5, 0.6) is 11.5 Å². The predicted octanol–water partition coefficient (Wildman–Crippen LogP) is 5.83. The number of alkyl halides is 5. The van der Waals surface area contributed by atoms with Gasteiger partial charge in [0.15, 0.2) is 34.6 Å². The highest BCUT2D eigenvalue weighted by Crippen LogP contribution is 2.40. The quantitative estimate of drug-likeness (QED) is 0.416. The summed E-state index contributed by atoms with van der Waals surface area (Å²) in [5.74, 6) is -5.95. The molecule has 0 aliphatic rings. The fraction of sp³-hybridized carbons (Fsp3) is 0.300. The van der Waals surface area contributed by atoms with Crippen LogP contribution in [0.15, 0.2) is 30.3 Å². The van der Waals surface area contributed by atoms with Crippen LogP contribution in [0.3, 0.4) is 0 Å². The Labute approximate surface area is 181 Å². The number of nitrogens with zero attached hydrogens (tertiary/aromatic N) is 3. The Hall–Kier alpha value is -3.38. The van der Waals surface area contributed by atoms with E-state index < -0.39 is 58.5 Å². The van der Waals surface area contributed by atoms with E-state index in [0.717, 1.165) is 16.7 Å². The Kier molecular flexibility index (Phi) is 6.27. The number of halogens is 8. The van der Waals surface area contributed by atoms with Crippen LogP contribution in [-0.4, -0.2) is 21.4 Å². The second-order valence-corrected chi connectivity index (χ2v) is 7.30. The van der Waals surface area contributed by atoms with Crippen molar-refractivity contribution in [2.75, 3.05) is 0 Å². The molecule has 0 fully saturated rings. The molecule has 0 radical (unpaired) electrons. The predicted molar refractivity (Wildman–Crippen MR) is 98.0 cm³/mol. The normalized spacial score (nSPS) is 12.4. The molecule has 5 nitrogen and oxygen atoms in total. The van der Waals surface area contributed by atoms with E-state index in [0.29, 0.717) is 18.2 Å². The minimum atomic E-state index is -4.96. The summed E-state index contributed by atoms with van der Waals surface area (Å²) in [6, 6.07) is 2.96. The van der Waals surface area contributed by atoms with E-state index in [9.17, 15) is 35.1 Å². The molecule has 0 unspecified atom stereocenters. The van der Waals surface area contributed by atoms with Crippen LogP contribution in [0, 0.1) is 17.5 Å². The first-order valence-electron chi connectivity index (χ1n) is 9.10. The Morgan fingerprint density at radius 1 is 0.939 bits per heavy atom. The van der Waals surface area contributed by atoms with Crippen LogP contribution in [0.2, 0.25) is 0 Å². The lowest BCUT2D eigenvalue weighted by Gasteiger charge is -2.26. The summed E-state index contributed by atoms with van der Waals surface area (Å²) in [5.41, 5.74) is -3.48. The second-order valence-electron chi connectivity index (χ2n) is 7.30. The van der Waals surface area contributed by atoms with Crippen LogP contribution >= 0.6 is 0 Å². The number of rotatable bonds is 6. The van der Waals surface area contributed by atoms with Gasteiger partial charge in [0.05, 0.1) is 5.56 Å². The van der Waals surface area contributed by atoms with Crippen LogP contribution in [0.1, 0.15) is 25.2 Å². The van der Waals surface area contributed by atoms with Crippen molar-refractivity contribution >= 4 is 0 Å². The molecule has 1 aromatic heterocycles. The zero-order valence-corrected chi connectivity index (χ0v) is 17.1. The molecule has 0 aliphatic heterocycles. The molecule has 0 N–H and O–H groups in total. The molecule has 0 saturated heterocycles. The van der Waals surface area contributed by atoms with Gasteiger partial charge in [-0.2, -0.15) is 22.0 Å². The van der Waals surface area contributed by atoms with Crippen molar-refractivity contribution < 1.29 is 44.6 Å². The summed E-state index contributed by atoms with van der Waals surface area (Å²) >= 11 is 0. The monoisotopic (exact) mass is 481 g/mol. The van der Waals surface area contributed by atoms with Crippen LogP contribution in [0.4, 0.5) is 35.1 Å². The van der Waals surface area contributed by atoms with Gasteiger partial charge >= 0.3 is 12.8 Å². The van der Waals surface area contributed by atoms with Crippen molar-refractivity contribution in [3.8, 4) is 22.9 Å². The lowest BCUT2D eigenvalue weighted by Crippen LogP contribution is -2.30. The molecule has 2 aromatic carbocycles. The van der Waals surface area contributed by atoms with Gasteiger partial charge in [-0.25, -0.2) is 13.2 Å². The maximum atomic E-state index is 14.0. The molecule has 0 amide bonds. The van der Waals surface area contributed by atoms with Gasteiger partial charge in [0.25, 0.3) is 0 Å². The summed E-state index contributed by atoms with van der Waals surface area (Å²) in [5, 5.41) is 7.50. The molecule has 0 aliphatic carbocycles. The second kappa shape index (κ2) is 8.52. The van der Waals surface area contributed by atoms with E-state index >= 15 is 0 Å². The maximum absolute atomic E-state index is 14.0. The average molecular weight is 481 g/mol. The average Bonchev–Trinajstić information content (AvgIpc) is 3.06. The molecule has 1 heterocycles. The summed E-state index contributed by atoms with van der Waals surface area (Å²) in [6.45, 7) is -0.704. The molecule has 0 bridgehead atoms. The summed E-state index contributed by atoms with van der Waals surface area (Å²) in [6.07, 6.45) is -4.96. The van der Waals surface area contributed by atoms with Crippen molar-refractivity contribution in [2.45, 2.75) is 32.2 Å². The fourth-order valence-electron chi connectivity index (χ4n) is 3.14. The number of hydrogen-bond donors (Lipinski definition) is 0. The van der Waals surface area contributed by atoms with Gasteiger partial charge in [-0.1, -0.05) is 0 Å². The van der Waals surface area contributed by atoms with Gasteiger partial charge in [-0.3, -0.25) is 0 Å². The lowest BCUT2D eigenvalue weighted by atomic mass is 10.1. The number of hydrogen-bond acceptors (Lipinski definition) is 4. The maximum Gasteiger partial charge on any atom is 0.417 e. The van der Waals surface area contributed by atoms with Gasteiger partial charge in [0.2, 0.25) is 0 Å². The summed E-state index contributed by atoms with van der Waals surface area (Å²) in [7, 11) is 1.27. The Balaban J connectivity index is 2.05. The highest BCUT2D eigenvalue weighted by molar-refractivity contribution is 5.63. The van der Waals surface area contributed by atoms with Crippen molar-refractivity contribution in [2.24, 2.45) is 7.05 Å². The molecule has 3 aromatic rings. The van der Waals surface area contributed by atoms with Gasteiger partial charge < -0.3 is 14.0 Å². The minimum absolute atomic E-state index is 0.137. The smallest absolute Gasteiger partial charge is 0.417 e. The number of benzene rings is 2. The topological polar surface area (TPSA) is 49.2 Å². The van der Waals surface area contributed by atoms with E-state index in [-0.39, 0.29) is 11.6 Å². The molecule has 3 rings (SSSR count). The standard InChI is InChI=1S/C20H15F8N3O2/c1-19(2,33-15-13(22)6-9(21)7-14(15)23)17-30-29-16(31(17)3)11-5-4-10(32-18(24)25)8-12(11)20(26,27)28/h4-8,18H,1-3H3. The van der Waals surface area contributed by atoms with E-state index in [1.165, 1.54) is 20.9 Å². The molecule has 0 atom stereocenters. The molecule has 13 heteroatoms. The Bertz CT molecular complexity index is 1150. The van der Waals surface area contributed by atoms with E-state index in [1.54, 1.807) is 0 Å². The van der Waals surface area contributed by atoms with Crippen molar-refractivity contribution in [3.05, 3.63) is 59.2 Å². The zero-order chi connectivity index (χ0) is 24.7. The third-order valence-electron chi connectivity index (χ3n) is 4.50. The van der Waals surface area contributed by atoms with Gasteiger partial charge in [0.1, 0.15) is 11.6 Å². The van der Waals surface area contributed by atoms with Crippen molar-refractivity contribution in [1.29, 1.82) is 0 Å². The third kappa shape index (κ3) is 5.01. The number of ether oxygens (including phenoxy) is 2. The summed E-state index contributed by atoms with van der Waals surface area (Å²) in [4.78, 5) is 0. The molecule has 178 valence electrons. The van der Waals surface area contributed by atoms with E-state index in [1.807, 2.05) is 0 Å². The summed E-state index contributed by atoms with van der Waals surface area (Å²) < 4.78 is 117. The van der Waals surface area contributed by atoms with Crippen LogP contribution in [0.25, 0.3) is 11.4 Å². The molecule has 0 saturated carbocycles. The highest BCUT2D eigenvalue weighted by Gasteiger charge is 2.37. The highest BCUT2D eigenvalue weighted by atomic mass is 19.4. The Morgan fingerprint density at radius 3 is 2.09 bits per heavy atom. The van der Waals surface area contributed by atoms with Gasteiger partial charge in [0, 0.05) is 24.7 Å². The lowest BCUT2D eigenvalue weighted by molar-refractivity contribution is -0.137. The molecular formula is C20H15F8N3O2. The van der Waals surface area contributed by atoms with Gasteiger partial charge in [-0.15, -0.1) is 10.2 Å². The molecule has 0 spiro atoms. The van der Waals surface area contributed by atoms with Crippen molar-refractivity contribution in [3.63, 3.8) is 0 Å². The van der Waals surface area contributed by atoms with Crippen LogP contribution in [-0.2, 0) is 18.8 Å². The van der Waals surface area contributed by atoms with Crippen molar-refractivity contribution in [1.82, 2.24) is 14.8 Å². The Morgan fingerprint density at radius 2 is 1.55 bits per heavy atom. The fourth-order valence-corrected chi connectivity index (χ4v) is 3.14. The zero-order valence-electron chi connectivity index (χ0n) is 17.1. The first-order valence-corrected chi connectivity index (χ1v) is 9.10. The van der Waals surface area contributed by atoms with E-state index in [4.69, 9.17) is 4.74 Å².